The van der Waals surface area contributed by atoms with Gasteiger partial charge >= 0.3 is 0 Å². The maximum atomic E-state index is 12.6. The largest absolute Gasteiger partial charge is 0.391 e. The molecule has 0 fully saturated rings. The number of carbonyl (C=O) groups is 1. The number of aryl methyl sites for hydroxylation is 1. The van der Waals surface area contributed by atoms with Gasteiger partial charge in [-0.1, -0.05) is 40.2 Å². The molecule has 2 aromatic carbocycles. The summed E-state index contributed by atoms with van der Waals surface area (Å²) in [6, 6.07) is 13.8. The molecular weight excluding hydrogens is 380 g/mol. The van der Waals surface area contributed by atoms with Crippen LogP contribution in [0, 0.1) is 0 Å². The fourth-order valence-electron chi connectivity index (χ4n) is 3.35. The second kappa shape index (κ2) is 8.13. The first-order valence-electron chi connectivity index (χ1n) is 8.61. The van der Waals surface area contributed by atoms with E-state index >= 15 is 0 Å². The normalized spacial score (nSPS) is 15.2. The third-order valence-corrected chi connectivity index (χ3v) is 5.25. The van der Waals surface area contributed by atoms with E-state index in [1.54, 1.807) is 4.90 Å². The summed E-state index contributed by atoms with van der Waals surface area (Å²) in [7, 11) is 0. The van der Waals surface area contributed by atoms with Gasteiger partial charge in [-0.15, -0.1) is 0 Å². The Morgan fingerprint density at radius 3 is 2.72 bits per heavy atom. The van der Waals surface area contributed by atoms with Gasteiger partial charge in [-0.2, -0.15) is 0 Å². The molecule has 0 aromatic heterocycles. The van der Waals surface area contributed by atoms with Crippen LogP contribution in [0.15, 0.2) is 46.9 Å². The number of aliphatic hydroxyl groups excluding tert-OH is 1. The van der Waals surface area contributed by atoms with Crippen molar-refractivity contribution < 1.29 is 9.90 Å². The van der Waals surface area contributed by atoms with Crippen molar-refractivity contribution in [2.24, 2.45) is 5.73 Å². The molecule has 4 nitrogen and oxygen atoms in total. The Labute approximate surface area is 156 Å². The second-order valence-electron chi connectivity index (χ2n) is 6.47. The van der Waals surface area contributed by atoms with Crippen LogP contribution in [-0.2, 0) is 19.4 Å². The van der Waals surface area contributed by atoms with E-state index < -0.39 is 6.10 Å². The standard InChI is InChI=1S/C20H23BrN2O2/c21-17-6-8-19-15(11-17)9-10-23(20(19)25)13-18(24)7-5-14-3-1-2-4-16(14)12-22/h1-4,6,8,11,18,24H,5,7,9-10,12-13,22H2. The number of halogens is 1. The Bertz CT molecular complexity index is 763. The maximum absolute atomic E-state index is 12.6. The average Bonchev–Trinajstić information content (AvgIpc) is 2.62. The number of aliphatic hydroxyl groups is 1. The number of nitrogens with zero attached hydrogens (tertiary/aromatic N) is 1. The molecule has 25 heavy (non-hydrogen) atoms. The van der Waals surface area contributed by atoms with Gasteiger partial charge in [-0.25, -0.2) is 0 Å². The van der Waals surface area contributed by atoms with Crippen LogP contribution >= 0.6 is 15.9 Å². The second-order valence-corrected chi connectivity index (χ2v) is 7.38. The van der Waals surface area contributed by atoms with Gasteiger partial charge < -0.3 is 15.7 Å². The predicted molar refractivity (Wildman–Crippen MR) is 102 cm³/mol. The fraction of sp³-hybridized carbons (Fsp3) is 0.350. The number of hydrogen-bond donors (Lipinski definition) is 2. The number of β-amino-alcohol motifs (C(OH)–C–C–N with tert-alkyl or cyclic N) is 1. The van der Waals surface area contributed by atoms with Gasteiger partial charge in [0.15, 0.2) is 0 Å². The quantitative estimate of drug-likeness (QED) is 0.780. The third-order valence-electron chi connectivity index (χ3n) is 4.75. The minimum Gasteiger partial charge on any atom is -0.391 e. The number of nitrogens with two attached hydrogens (primary N) is 1. The van der Waals surface area contributed by atoms with E-state index in [0.29, 0.717) is 26.1 Å². The van der Waals surface area contributed by atoms with Crippen LogP contribution in [-0.4, -0.2) is 35.1 Å². The average molecular weight is 403 g/mol. The first-order valence-corrected chi connectivity index (χ1v) is 9.40. The van der Waals surface area contributed by atoms with Gasteiger partial charge in [0, 0.05) is 29.7 Å². The highest BCUT2D eigenvalue weighted by molar-refractivity contribution is 9.10. The zero-order valence-corrected chi connectivity index (χ0v) is 15.7. The van der Waals surface area contributed by atoms with E-state index in [1.807, 2.05) is 36.4 Å². The van der Waals surface area contributed by atoms with Crippen LogP contribution in [0.5, 0.6) is 0 Å². The minimum absolute atomic E-state index is 0.00941. The Hall–Kier alpha value is -1.69. The lowest BCUT2D eigenvalue weighted by Gasteiger charge is -2.30. The van der Waals surface area contributed by atoms with Crippen molar-refractivity contribution in [1.29, 1.82) is 0 Å². The number of benzene rings is 2. The van der Waals surface area contributed by atoms with Gasteiger partial charge in [0.1, 0.15) is 0 Å². The van der Waals surface area contributed by atoms with E-state index in [1.165, 1.54) is 5.56 Å². The fourth-order valence-corrected chi connectivity index (χ4v) is 3.76. The summed E-state index contributed by atoms with van der Waals surface area (Å²) < 4.78 is 0.992. The predicted octanol–water partition coefficient (Wildman–Crippen LogP) is 2.90. The third kappa shape index (κ3) is 4.29. The Kier molecular flexibility index (Phi) is 5.89. The molecule has 5 heteroatoms. The molecule has 1 atom stereocenters. The molecule has 1 aliphatic rings. The lowest BCUT2D eigenvalue weighted by Crippen LogP contribution is -2.42. The van der Waals surface area contributed by atoms with Crippen molar-refractivity contribution in [3.63, 3.8) is 0 Å². The monoisotopic (exact) mass is 402 g/mol. The molecule has 1 heterocycles. The summed E-state index contributed by atoms with van der Waals surface area (Å²) in [5, 5.41) is 10.4. The molecule has 3 N–H and O–H groups in total. The first-order chi connectivity index (χ1) is 12.1. The van der Waals surface area contributed by atoms with Crippen LogP contribution in [0.4, 0.5) is 0 Å². The highest BCUT2D eigenvalue weighted by Gasteiger charge is 2.25. The van der Waals surface area contributed by atoms with Gasteiger partial charge in [0.05, 0.1) is 6.10 Å². The van der Waals surface area contributed by atoms with Crippen molar-refractivity contribution >= 4 is 21.8 Å². The van der Waals surface area contributed by atoms with Gasteiger partial charge in [0.25, 0.3) is 5.91 Å². The smallest absolute Gasteiger partial charge is 0.254 e. The van der Waals surface area contributed by atoms with Crippen molar-refractivity contribution in [2.75, 3.05) is 13.1 Å². The zero-order chi connectivity index (χ0) is 17.8. The summed E-state index contributed by atoms with van der Waals surface area (Å²) in [5.41, 5.74) is 9.86. The summed E-state index contributed by atoms with van der Waals surface area (Å²) in [4.78, 5) is 14.4. The summed E-state index contributed by atoms with van der Waals surface area (Å²) in [6.07, 6.45) is 1.67. The Balaban J connectivity index is 1.59. The van der Waals surface area contributed by atoms with Gasteiger partial charge in [-0.05, 0) is 54.2 Å². The molecule has 0 spiro atoms. The van der Waals surface area contributed by atoms with Crippen LogP contribution in [0.1, 0.15) is 33.5 Å². The maximum Gasteiger partial charge on any atom is 0.254 e. The summed E-state index contributed by atoms with van der Waals surface area (Å²) in [5.74, 6) is 0.00941. The number of hydrogen-bond acceptors (Lipinski definition) is 3. The van der Waals surface area contributed by atoms with E-state index in [4.69, 9.17) is 5.73 Å². The van der Waals surface area contributed by atoms with E-state index in [-0.39, 0.29) is 5.91 Å². The molecular formula is C20H23BrN2O2. The highest BCUT2D eigenvalue weighted by atomic mass is 79.9. The lowest BCUT2D eigenvalue weighted by atomic mass is 9.97. The first kappa shape index (κ1) is 18.1. The van der Waals surface area contributed by atoms with E-state index in [2.05, 4.69) is 22.0 Å². The van der Waals surface area contributed by atoms with Crippen LogP contribution in [0.2, 0.25) is 0 Å². The molecule has 1 aliphatic heterocycles. The molecule has 0 saturated heterocycles. The van der Waals surface area contributed by atoms with Crippen LogP contribution in [0.3, 0.4) is 0 Å². The summed E-state index contributed by atoms with van der Waals surface area (Å²) in [6.45, 7) is 1.53. The van der Waals surface area contributed by atoms with Crippen molar-refractivity contribution in [3.05, 3.63) is 69.2 Å². The van der Waals surface area contributed by atoms with Gasteiger partial charge in [-0.3, -0.25) is 4.79 Å². The molecule has 0 radical (unpaired) electrons. The Morgan fingerprint density at radius 1 is 1.20 bits per heavy atom. The van der Waals surface area contributed by atoms with Gasteiger partial charge in [0.2, 0.25) is 0 Å². The number of carbonyl (C=O) groups excluding carboxylic acids is 1. The molecule has 3 rings (SSSR count). The molecule has 0 aliphatic carbocycles. The molecule has 0 bridgehead atoms. The summed E-state index contributed by atoms with van der Waals surface area (Å²) >= 11 is 3.45. The zero-order valence-electron chi connectivity index (χ0n) is 14.1. The molecule has 1 unspecified atom stereocenters. The van der Waals surface area contributed by atoms with E-state index in [0.717, 1.165) is 34.0 Å². The lowest BCUT2D eigenvalue weighted by molar-refractivity contribution is 0.0592. The SMILES string of the molecule is NCc1ccccc1CCC(O)CN1CCc2cc(Br)ccc2C1=O. The number of amides is 1. The topological polar surface area (TPSA) is 66.6 Å². The molecule has 1 amide bonds. The molecule has 132 valence electrons. The Morgan fingerprint density at radius 2 is 1.96 bits per heavy atom. The minimum atomic E-state index is -0.535. The van der Waals surface area contributed by atoms with E-state index in [9.17, 15) is 9.90 Å². The molecule has 0 saturated carbocycles. The molecule has 2 aromatic rings. The number of rotatable bonds is 6. The highest BCUT2D eigenvalue weighted by Crippen LogP contribution is 2.23. The van der Waals surface area contributed by atoms with Crippen molar-refractivity contribution in [3.8, 4) is 0 Å². The van der Waals surface area contributed by atoms with Crippen LogP contribution in [0.25, 0.3) is 0 Å². The van der Waals surface area contributed by atoms with Crippen molar-refractivity contribution in [2.45, 2.75) is 31.9 Å². The number of fused-ring (bicyclic) bond motifs is 1. The van der Waals surface area contributed by atoms with Crippen LogP contribution < -0.4 is 5.73 Å². The van der Waals surface area contributed by atoms with Crippen molar-refractivity contribution in [1.82, 2.24) is 4.90 Å².